The second-order valence-corrected chi connectivity index (χ2v) is 7.92. The normalized spacial score (nSPS) is 17.1. The molecule has 0 amide bonds. The molecule has 0 aromatic heterocycles. The summed E-state index contributed by atoms with van der Waals surface area (Å²) in [6.07, 6.45) is 2.56. The van der Waals surface area contributed by atoms with Crippen LogP contribution in [0.4, 0.5) is 0 Å². The number of hydrogen-bond donors (Lipinski definition) is 1. The number of hydrogen-bond acceptors (Lipinski definition) is 4. The molecule has 0 saturated carbocycles. The predicted octanol–water partition coefficient (Wildman–Crippen LogP) is 5.15. The zero-order valence-corrected chi connectivity index (χ0v) is 18.0. The Kier molecular flexibility index (Phi) is 7.86. The van der Waals surface area contributed by atoms with Gasteiger partial charge in [-0.05, 0) is 61.3 Å². The van der Waals surface area contributed by atoms with Crippen LogP contribution < -0.4 is 14.8 Å². The summed E-state index contributed by atoms with van der Waals surface area (Å²) in [6, 6.07) is 12.1. The van der Waals surface area contributed by atoms with Gasteiger partial charge in [-0.15, -0.1) is 0 Å². The molecule has 3 rings (SSSR count). The molecule has 0 spiro atoms. The Hall–Kier alpha value is -1.46. The number of halogens is 2. The van der Waals surface area contributed by atoms with Gasteiger partial charge < -0.3 is 14.8 Å². The number of nitrogens with one attached hydrogen (secondary N) is 1. The Morgan fingerprint density at radius 3 is 2.64 bits per heavy atom. The summed E-state index contributed by atoms with van der Waals surface area (Å²) in [7, 11) is 1.63. The number of ether oxygens (including phenoxy) is 2. The van der Waals surface area contributed by atoms with E-state index in [4.69, 9.17) is 32.7 Å². The largest absolute Gasteiger partial charge is 0.493 e. The molecule has 0 radical (unpaired) electrons. The smallest absolute Gasteiger partial charge is 0.180 e. The van der Waals surface area contributed by atoms with Gasteiger partial charge in [0, 0.05) is 24.2 Å². The molecule has 1 fully saturated rings. The van der Waals surface area contributed by atoms with Crippen LogP contribution in [-0.2, 0) is 13.2 Å². The van der Waals surface area contributed by atoms with Gasteiger partial charge in [-0.1, -0.05) is 42.3 Å². The SMILES string of the molecule is CCN1CCC[C@H]1CNCc1cc(Cl)c(OCc2ccc(Cl)cc2)c(OC)c1. The lowest BCUT2D eigenvalue weighted by atomic mass is 10.1. The first-order valence-corrected chi connectivity index (χ1v) is 10.5. The average molecular weight is 423 g/mol. The minimum absolute atomic E-state index is 0.402. The maximum Gasteiger partial charge on any atom is 0.180 e. The van der Waals surface area contributed by atoms with E-state index in [2.05, 4.69) is 17.1 Å². The number of rotatable bonds is 9. The Balaban J connectivity index is 1.59. The minimum atomic E-state index is 0.402. The van der Waals surface area contributed by atoms with Gasteiger partial charge in [0.1, 0.15) is 6.61 Å². The van der Waals surface area contributed by atoms with Gasteiger partial charge in [-0.25, -0.2) is 0 Å². The van der Waals surface area contributed by atoms with E-state index in [1.807, 2.05) is 36.4 Å². The molecule has 1 saturated heterocycles. The summed E-state index contributed by atoms with van der Waals surface area (Å²) in [5.74, 6) is 1.21. The standard InChI is InChI=1S/C22H28Cl2N2O2/c1-3-26-10-4-5-19(26)14-25-13-17-11-20(24)22(21(12-17)27-2)28-15-16-6-8-18(23)9-7-16/h6-9,11-12,19,25H,3-5,10,13-15H2,1-2H3/t19-/m0/s1. The van der Waals surface area contributed by atoms with Crippen LogP contribution >= 0.6 is 23.2 Å². The maximum atomic E-state index is 6.49. The van der Waals surface area contributed by atoms with Crippen molar-refractivity contribution in [2.75, 3.05) is 26.7 Å². The number of likely N-dealkylation sites (tertiary alicyclic amines) is 1. The molecule has 2 aromatic carbocycles. The molecule has 1 aliphatic rings. The van der Waals surface area contributed by atoms with Crippen LogP contribution in [0.3, 0.4) is 0 Å². The highest BCUT2D eigenvalue weighted by Gasteiger charge is 2.22. The lowest BCUT2D eigenvalue weighted by Gasteiger charge is -2.23. The maximum absolute atomic E-state index is 6.49. The van der Waals surface area contributed by atoms with E-state index in [0.717, 1.165) is 30.8 Å². The highest BCUT2D eigenvalue weighted by Crippen LogP contribution is 2.37. The van der Waals surface area contributed by atoms with Gasteiger partial charge in [0.25, 0.3) is 0 Å². The fraction of sp³-hybridized carbons (Fsp3) is 0.455. The Labute approximate surface area is 177 Å². The summed E-state index contributed by atoms with van der Waals surface area (Å²) < 4.78 is 11.4. The van der Waals surface area contributed by atoms with Crippen molar-refractivity contribution in [3.8, 4) is 11.5 Å². The molecule has 0 bridgehead atoms. The number of likely N-dealkylation sites (N-methyl/N-ethyl adjacent to an activating group) is 1. The molecule has 1 N–H and O–H groups in total. The average Bonchev–Trinajstić information content (AvgIpc) is 3.15. The van der Waals surface area contributed by atoms with Crippen LogP contribution in [0.1, 0.15) is 30.9 Å². The fourth-order valence-corrected chi connectivity index (χ4v) is 4.09. The molecule has 152 valence electrons. The number of nitrogens with zero attached hydrogens (tertiary/aromatic N) is 1. The van der Waals surface area contributed by atoms with Crippen molar-refractivity contribution in [3.05, 3.63) is 57.6 Å². The molecule has 2 aromatic rings. The van der Waals surface area contributed by atoms with Gasteiger partial charge in [0.15, 0.2) is 11.5 Å². The molecule has 1 aliphatic heterocycles. The second-order valence-electron chi connectivity index (χ2n) is 7.08. The third-order valence-electron chi connectivity index (χ3n) is 5.20. The quantitative estimate of drug-likeness (QED) is 0.605. The van der Waals surface area contributed by atoms with Crippen molar-refractivity contribution in [2.24, 2.45) is 0 Å². The number of methoxy groups -OCH3 is 1. The van der Waals surface area contributed by atoms with E-state index in [1.165, 1.54) is 19.4 Å². The van der Waals surface area contributed by atoms with E-state index < -0.39 is 0 Å². The summed E-state index contributed by atoms with van der Waals surface area (Å²) in [4.78, 5) is 2.54. The van der Waals surface area contributed by atoms with Gasteiger partial charge in [0.2, 0.25) is 0 Å². The monoisotopic (exact) mass is 422 g/mol. The van der Waals surface area contributed by atoms with E-state index in [-0.39, 0.29) is 0 Å². The molecule has 4 nitrogen and oxygen atoms in total. The molecule has 0 unspecified atom stereocenters. The third kappa shape index (κ3) is 5.54. The first-order valence-electron chi connectivity index (χ1n) is 9.79. The Morgan fingerprint density at radius 1 is 1.14 bits per heavy atom. The van der Waals surface area contributed by atoms with Crippen LogP contribution in [0.15, 0.2) is 36.4 Å². The van der Waals surface area contributed by atoms with Crippen LogP contribution in [0, 0.1) is 0 Å². The lowest BCUT2D eigenvalue weighted by molar-refractivity contribution is 0.260. The molecule has 1 heterocycles. The Bertz CT molecular complexity index is 768. The number of benzene rings is 2. The fourth-order valence-electron chi connectivity index (χ4n) is 3.68. The third-order valence-corrected chi connectivity index (χ3v) is 5.73. The van der Waals surface area contributed by atoms with Crippen LogP contribution in [0.2, 0.25) is 10.0 Å². The van der Waals surface area contributed by atoms with Crippen LogP contribution in [-0.4, -0.2) is 37.7 Å². The molecular weight excluding hydrogens is 395 g/mol. The molecular formula is C22H28Cl2N2O2. The zero-order chi connectivity index (χ0) is 19.9. The summed E-state index contributed by atoms with van der Waals surface area (Å²) in [5.41, 5.74) is 2.10. The molecule has 0 aliphatic carbocycles. The van der Waals surface area contributed by atoms with Crippen molar-refractivity contribution >= 4 is 23.2 Å². The van der Waals surface area contributed by atoms with Gasteiger partial charge in [0.05, 0.1) is 12.1 Å². The molecule has 1 atom stereocenters. The molecule has 6 heteroatoms. The van der Waals surface area contributed by atoms with Crippen molar-refractivity contribution in [1.82, 2.24) is 10.2 Å². The van der Waals surface area contributed by atoms with Crippen molar-refractivity contribution in [1.29, 1.82) is 0 Å². The van der Waals surface area contributed by atoms with Crippen molar-refractivity contribution in [2.45, 2.75) is 39.0 Å². The summed E-state index contributed by atoms with van der Waals surface area (Å²) in [6.45, 7) is 6.70. The minimum Gasteiger partial charge on any atom is -0.493 e. The lowest BCUT2D eigenvalue weighted by Crippen LogP contribution is -2.37. The van der Waals surface area contributed by atoms with Crippen molar-refractivity contribution < 1.29 is 9.47 Å². The van der Waals surface area contributed by atoms with Gasteiger partial charge in [-0.2, -0.15) is 0 Å². The highest BCUT2D eigenvalue weighted by atomic mass is 35.5. The van der Waals surface area contributed by atoms with Gasteiger partial charge >= 0.3 is 0 Å². The van der Waals surface area contributed by atoms with E-state index in [1.54, 1.807) is 7.11 Å². The Morgan fingerprint density at radius 2 is 1.93 bits per heavy atom. The first kappa shape index (κ1) is 21.3. The zero-order valence-electron chi connectivity index (χ0n) is 16.5. The summed E-state index contributed by atoms with van der Waals surface area (Å²) in [5, 5.41) is 4.82. The van der Waals surface area contributed by atoms with Crippen LogP contribution in [0.5, 0.6) is 11.5 Å². The highest BCUT2D eigenvalue weighted by molar-refractivity contribution is 6.32. The van der Waals surface area contributed by atoms with Crippen molar-refractivity contribution in [3.63, 3.8) is 0 Å². The van der Waals surface area contributed by atoms with E-state index in [0.29, 0.717) is 34.2 Å². The van der Waals surface area contributed by atoms with E-state index in [9.17, 15) is 0 Å². The second kappa shape index (κ2) is 10.4. The first-order chi connectivity index (χ1) is 13.6. The van der Waals surface area contributed by atoms with Crippen LogP contribution in [0.25, 0.3) is 0 Å². The topological polar surface area (TPSA) is 33.7 Å². The summed E-state index contributed by atoms with van der Waals surface area (Å²) >= 11 is 12.4. The van der Waals surface area contributed by atoms with E-state index >= 15 is 0 Å². The predicted molar refractivity (Wildman–Crippen MR) is 116 cm³/mol. The van der Waals surface area contributed by atoms with Gasteiger partial charge in [-0.3, -0.25) is 4.90 Å². The molecule has 28 heavy (non-hydrogen) atoms.